The third-order valence-corrected chi connectivity index (χ3v) is 4.64. The zero-order chi connectivity index (χ0) is 18.2. The van der Waals surface area contributed by atoms with Crippen LogP contribution in [0.15, 0.2) is 6.33 Å². The van der Waals surface area contributed by atoms with Gasteiger partial charge >= 0.3 is 5.97 Å². The van der Waals surface area contributed by atoms with Gasteiger partial charge in [-0.15, -0.1) is 0 Å². The molecule has 0 bridgehead atoms. The molecule has 2 amide bonds. The lowest BCUT2D eigenvalue weighted by Crippen LogP contribution is -2.65. The molecular formula is C16H22N4O5. The maximum Gasteiger partial charge on any atom is 0.359 e. The molecule has 1 fully saturated rings. The van der Waals surface area contributed by atoms with E-state index in [0.29, 0.717) is 13.2 Å². The Bertz CT molecular complexity index is 711. The molecule has 2 heterocycles. The molecule has 25 heavy (non-hydrogen) atoms. The molecule has 1 atom stereocenters. The number of fused-ring (bicyclic) bond motifs is 1. The van der Waals surface area contributed by atoms with E-state index in [1.165, 1.54) is 13.4 Å². The summed E-state index contributed by atoms with van der Waals surface area (Å²) >= 11 is 0. The van der Waals surface area contributed by atoms with E-state index < -0.39 is 11.5 Å². The number of nitrogens with zero attached hydrogens (tertiary/aromatic N) is 3. The van der Waals surface area contributed by atoms with Gasteiger partial charge in [0.05, 0.1) is 26.6 Å². The van der Waals surface area contributed by atoms with E-state index >= 15 is 0 Å². The molecule has 0 radical (unpaired) electrons. The number of amides is 2. The molecule has 1 aromatic heterocycles. The monoisotopic (exact) mass is 350 g/mol. The van der Waals surface area contributed by atoms with Gasteiger partial charge in [-0.05, 0) is 19.8 Å². The Morgan fingerprint density at radius 2 is 2.12 bits per heavy atom. The van der Waals surface area contributed by atoms with Crippen molar-refractivity contribution in [1.29, 1.82) is 0 Å². The Morgan fingerprint density at radius 3 is 2.72 bits per heavy atom. The van der Waals surface area contributed by atoms with Gasteiger partial charge in [-0.2, -0.15) is 0 Å². The number of carbonyl (C=O) groups is 3. The van der Waals surface area contributed by atoms with Crippen LogP contribution in [-0.4, -0.2) is 71.2 Å². The first-order valence-corrected chi connectivity index (χ1v) is 8.18. The maximum atomic E-state index is 13.1. The van der Waals surface area contributed by atoms with Crippen LogP contribution in [0.1, 0.15) is 40.7 Å². The molecule has 0 unspecified atom stereocenters. The summed E-state index contributed by atoms with van der Waals surface area (Å²) in [5.41, 5.74) is -0.881. The minimum Gasteiger partial charge on any atom is -0.464 e. The number of aromatic nitrogens is 2. The van der Waals surface area contributed by atoms with E-state index in [2.05, 4.69) is 10.3 Å². The molecule has 1 N–H and O–H groups in total. The lowest BCUT2D eigenvalue weighted by atomic mass is 9.94. The summed E-state index contributed by atoms with van der Waals surface area (Å²) < 4.78 is 11.2. The molecule has 0 spiro atoms. The van der Waals surface area contributed by atoms with Gasteiger partial charge in [0.2, 0.25) is 5.91 Å². The van der Waals surface area contributed by atoms with Gasteiger partial charge in [0.1, 0.15) is 11.2 Å². The van der Waals surface area contributed by atoms with Gasteiger partial charge < -0.3 is 24.3 Å². The lowest BCUT2D eigenvalue weighted by molar-refractivity contribution is -0.133. The highest BCUT2D eigenvalue weighted by Crippen LogP contribution is 2.38. The topological polar surface area (TPSA) is 103 Å². The van der Waals surface area contributed by atoms with E-state index in [0.717, 1.165) is 12.8 Å². The third kappa shape index (κ3) is 2.88. The van der Waals surface area contributed by atoms with Gasteiger partial charge in [-0.1, -0.05) is 0 Å². The highest BCUT2D eigenvalue weighted by Gasteiger charge is 2.53. The van der Waals surface area contributed by atoms with Crippen LogP contribution in [0, 0.1) is 0 Å². The van der Waals surface area contributed by atoms with Gasteiger partial charge in [0, 0.05) is 19.7 Å². The second-order valence-corrected chi connectivity index (χ2v) is 6.49. The highest BCUT2D eigenvalue weighted by atomic mass is 16.5. The van der Waals surface area contributed by atoms with Crippen LogP contribution in [0.25, 0.3) is 0 Å². The van der Waals surface area contributed by atoms with Crippen molar-refractivity contribution in [2.45, 2.75) is 37.9 Å². The molecule has 1 aliphatic carbocycles. The molecule has 3 rings (SSSR count). The number of nitrogens with one attached hydrogen (secondary N) is 1. The fourth-order valence-electron chi connectivity index (χ4n) is 3.26. The van der Waals surface area contributed by atoms with Crippen molar-refractivity contribution in [2.24, 2.45) is 0 Å². The zero-order valence-corrected chi connectivity index (χ0v) is 14.6. The average molecular weight is 350 g/mol. The van der Waals surface area contributed by atoms with E-state index in [1.54, 1.807) is 23.5 Å². The van der Waals surface area contributed by atoms with Crippen molar-refractivity contribution in [1.82, 2.24) is 19.8 Å². The molecule has 1 saturated carbocycles. The van der Waals surface area contributed by atoms with Crippen LogP contribution >= 0.6 is 0 Å². The number of carbonyl (C=O) groups excluding carboxylic acids is 3. The number of imidazole rings is 1. The average Bonchev–Trinajstić information content (AvgIpc) is 3.32. The minimum absolute atomic E-state index is 0.000165. The Morgan fingerprint density at radius 1 is 1.40 bits per heavy atom. The first-order chi connectivity index (χ1) is 11.9. The number of hydrogen-bond donors (Lipinski definition) is 1. The number of hydrogen-bond acceptors (Lipinski definition) is 6. The molecule has 9 heteroatoms. The first-order valence-electron chi connectivity index (χ1n) is 8.18. The van der Waals surface area contributed by atoms with Crippen molar-refractivity contribution in [3.05, 3.63) is 17.7 Å². The third-order valence-electron chi connectivity index (χ3n) is 4.64. The fraction of sp³-hybridized carbons (Fsp3) is 0.625. The quantitative estimate of drug-likeness (QED) is 0.563. The largest absolute Gasteiger partial charge is 0.464 e. The summed E-state index contributed by atoms with van der Waals surface area (Å²) in [6.45, 7) is 2.73. The van der Waals surface area contributed by atoms with Crippen molar-refractivity contribution in [3.8, 4) is 0 Å². The van der Waals surface area contributed by atoms with E-state index in [4.69, 9.17) is 9.47 Å². The second-order valence-electron chi connectivity index (χ2n) is 6.49. The zero-order valence-electron chi connectivity index (χ0n) is 14.6. The Kier molecular flexibility index (Phi) is 4.51. The van der Waals surface area contributed by atoms with Crippen molar-refractivity contribution >= 4 is 17.8 Å². The summed E-state index contributed by atoms with van der Waals surface area (Å²) in [6, 6.07) is -0.000165. The molecule has 136 valence electrons. The van der Waals surface area contributed by atoms with E-state index in [-0.39, 0.29) is 35.8 Å². The Hall–Kier alpha value is -2.42. The molecule has 1 aromatic rings. The normalized spacial score (nSPS) is 22.5. The fourth-order valence-corrected chi connectivity index (χ4v) is 3.26. The maximum absolute atomic E-state index is 13.1. The Labute approximate surface area is 145 Å². The molecule has 9 nitrogen and oxygen atoms in total. The van der Waals surface area contributed by atoms with Crippen LogP contribution < -0.4 is 5.32 Å². The molecule has 2 aliphatic rings. The summed E-state index contributed by atoms with van der Waals surface area (Å²) in [7, 11) is 2.80. The number of rotatable bonds is 6. The highest BCUT2D eigenvalue weighted by molar-refractivity contribution is 6.06. The number of methoxy groups -OCH3 is 2. The minimum atomic E-state index is -1.05. The van der Waals surface area contributed by atoms with Crippen LogP contribution in [0.5, 0.6) is 0 Å². The van der Waals surface area contributed by atoms with Crippen LogP contribution in [0.2, 0.25) is 0 Å². The summed E-state index contributed by atoms with van der Waals surface area (Å²) in [6.07, 6.45) is 3.09. The number of esters is 1. The molecule has 1 aliphatic heterocycles. The standard InChI is InChI=1S/C16H22N4O5/c1-16(15(23)17-6-7-24-2)8-19-9-18-11(14(22)25-3)12(19)13(21)20(16)10-4-5-10/h9-10H,4-8H2,1-3H3,(H,17,23)/t16-/m1/s1. The smallest absolute Gasteiger partial charge is 0.359 e. The molecule has 0 aromatic carbocycles. The first kappa shape index (κ1) is 17.4. The summed E-state index contributed by atoms with van der Waals surface area (Å²) in [5, 5.41) is 2.82. The summed E-state index contributed by atoms with van der Waals surface area (Å²) in [5.74, 6) is -1.27. The summed E-state index contributed by atoms with van der Waals surface area (Å²) in [4.78, 5) is 43.4. The Balaban J connectivity index is 1.96. The van der Waals surface area contributed by atoms with Gasteiger partial charge in [0.15, 0.2) is 5.69 Å². The van der Waals surface area contributed by atoms with Crippen molar-refractivity contribution in [3.63, 3.8) is 0 Å². The van der Waals surface area contributed by atoms with Gasteiger partial charge in [0.25, 0.3) is 5.91 Å². The molecular weight excluding hydrogens is 328 g/mol. The van der Waals surface area contributed by atoms with Gasteiger partial charge in [-0.25, -0.2) is 9.78 Å². The van der Waals surface area contributed by atoms with Crippen molar-refractivity contribution in [2.75, 3.05) is 27.4 Å². The predicted octanol–water partition coefficient (Wildman–Crippen LogP) is -0.191. The van der Waals surface area contributed by atoms with E-state index in [1.807, 2.05) is 0 Å². The second kappa shape index (κ2) is 6.47. The molecule has 0 saturated heterocycles. The lowest BCUT2D eigenvalue weighted by Gasteiger charge is -2.44. The SMILES string of the molecule is COCCNC(=O)[C@@]1(C)Cn2cnc(C(=O)OC)c2C(=O)N1C1CC1. The van der Waals surface area contributed by atoms with E-state index in [9.17, 15) is 14.4 Å². The van der Waals surface area contributed by atoms with Crippen LogP contribution in [0.4, 0.5) is 0 Å². The van der Waals surface area contributed by atoms with Crippen LogP contribution in [0.3, 0.4) is 0 Å². The number of ether oxygens (including phenoxy) is 2. The van der Waals surface area contributed by atoms with Crippen molar-refractivity contribution < 1.29 is 23.9 Å². The predicted molar refractivity (Wildman–Crippen MR) is 86.0 cm³/mol. The van der Waals surface area contributed by atoms with Gasteiger partial charge in [-0.3, -0.25) is 9.59 Å². The van der Waals surface area contributed by atoms with Crippen LogP contribution in [-0.2, 0) is 20.8 Å².